The zero-order valence-electron chi connectivity index (χ0n) is 10.9. The minimum absolute atomic E-state index is 0.266. The quantitative estimate of drug-likeness (QED) is 0.821. The van der Waals surface area contributed by atoms with Crippen molar-refractivity contribution in [3.8, 4) is 0 Å². The molecule has 1 saturated heterocycles. The summed E-state index contributed by atoms with van der Waals surface area (Å²) in [6, 6.07) is 0.513. The summed E-state index contributed by atoms with van der Waals surface area (Å²) in [5, 5.41) is 9.26. The smallest absolute Gasteiger partial charge is 0.222 e. The molecule has 3 heteroatoms. The van der Waals surface area contributed by atoms with Crippen LogP contribution in [0.15, 0.2) is 0 Å². The van der Waals surface area contributed by atoms with E-state index in [-0.39, 0.29) is 12.0 Å². The van der Waals surface area contributed by atoms with Crippen molar-refractivity contribution in [3.63, 3.8) is 0 Å². The van der Waals surface area contributed by atoms with Crippen molar-refractivity contribution in [2.45, 2.75) is 70.4 Å². The largest absolute Gasteiger partial charge is 0.393 e. The van der Waals surface area contributed by atoms with E-state index in [1.807, 2.05) is 0 Å². The van der Waals surface area contributed by atoms with Gasteiger partial charge < -0.3 is 10.0 Å². The lowest BCUT2D eigenvalue weighted by Crippen LogP contribution is -2.49. The van der Waals surface area contributed by atoms with Crippen molar-refractivity contribution in [2.24, 2.45) is 5.92 Å². The number of fused-ring (bicyclic) bond motifs is 1. The van der Waals surface area contributed by atoms with Gasteiger partial charge in [-0.05, 0) is 44.9 Å². The number of hydrogen-bond acceptors (Lipinski definition) is 2. The molecule has 1 N–H and O–H groups in total. The van der Waals surface area contributed by atoms with Gasteiger partial charge in [0.25, 0.3) is 0 Å². The molecule has 98 valence electrons. The number of aliphatic hydroxyl groups excluding tert-OH is 1. The standard InChI is InChI=1S/C14H25NO2/c1-11(16)8-9-14(17)15-10-4-6-12-5-2-3-7-13(12)15/h11-13,16H,2-10H2,1H3. The van der Waals surface area contributed by atoms with Crippen molar-refractivity contribution < 1.29 is 9.90 Å². The minimum Gasteiger partial charge on any atom is -0.393 e. The summed E-state index contributed by atoms with van der Waals surface area (Å²) in [4.78, 5) is 14.3. The predicted octanol–water partition coefficient (Wildman–Crippen LogP) is 2.33. The molecule has 17 heavy (non-hydrogen) atoms. The van der Waals surface area contributed by atoms with E-state index in [9.17, 15) is 9.90 Å². The van der Waals surface area contributed by atoms with Crippen LogP contribution in [0.1, 0.15) is 58.3 Å². The molecule has 0 aromatic rings. The van der Waals surface area contributed by atoms with Gasteiger partial charge in [-0.25, -0.2) is 0 Å². The maximum absolute atomic E-state index is 12.2. The van der Waals surface area contributed by atoms with Crippen molar-refractivity contribution in [3.05, 3.63) is 0 Å². The Labute approximate surface area is 104 Å². The molecule has 0 spiro atoms. The van der Waals surface area contributed by atoms with Crippen LogP contribution < -0.4 is 0 Å². The molecular weight excluding hydrogens is 214 g/mol. The Kier molecular flexibility index (Phi) is 4.43. The molecule has 0 aromatic carbocycles. The molecule has 0 aromatic heterocycles. The van der Waals surface area contributed by atoms with Gasteiger partial charge in [-0.2, -0.15) is 0 Å². The van der Waals surface area contributed by atoms with Gasteiger partial charge in [0.05, 0.1) is 6.10 Å². The van der Waals surface area contributed by atoms with Crippen LogP contribution in [0.25, 0.3) is 0 Å². The maximum Gasteiger partial charge on any atom is 0.222 e. The molecule has 3 unspecified atom stereocenters. The first-order valence-electron chi connectivity index (χ1n) is 7.16. The van der Waals surface area contributed by atoms with Crippen LogP contribution in [0.3, 0.4) is 0 Å². The fourth-order valence-electron chi connectivity index (χ4n) is 3.41. The zero-order chi connectivity index (χ0) is 12.3. The summed E-state index contributed by atoms with van der Waals surface area (Å²) in [6.07, 6.45) is 8.37. The first kappa shape index (κ1) is 12.9. The molecular formula is C14H25NO2. The Hall–Kier alpha value is -0.570. The molecule has 2 fully saturated rings. The van der Waals surface area contributed by atoms with Crippen LogP contribution in [0.4, 0.5) is 0 Å². The first-order valence-corrected chi connectivity index (χ1v) is 7.16. The summed E-state index contributed by atoms with van der Waals surface area (Å²) < 4.78 is 0. The summed E-state index contributed by atoms with van der Waals surface area (Å²) in [6.45, 7) is 2.70. The van der Waals surface area contributed by atoms with E-state index in [2.05, 4.69) is 4.90 Å². The van der Waals surface area contributed by atoms with E-state index < -0.39 is 0 Å². The second-order valence-corrected chi connectivity index (χ2v) is 5.73. The number of hydrogen-bond donors (Lipinski definition) is 1. The summed E-state index contributed by atoms with van der Waals surface area (Å²) in [7, 11) is 0. The Morgan fingerprint density at radius 3 is 2.76 bits per heavy atom. The molecule has 0 radical (unpaired) electrons. The third kappa shape index (κ3) is 3.21. The Balaban J connectivity index is 1.91. The highest BCUT2D eigenvalue weighted by Gasteiger charge is 2.35. The second kappa shape index (κ2) is 5.85. The fraction of sp³-hybridized carbons (Fsp3) is 0.929. The number of carbonyl (C=O) groups excluding carboxylic acids is 1. The molecule has 0 bridgehead atoms. The third-order valence-corrected chi connectivity index (χ3v) is 4.34. The van der Waals surface area contributed by atoms with Gasteiger partial charge in [0.15, 0.2) is 0 Å². The summed E-state index contributed by atoms with van der Waals surface area (Å²) >= 11 is 0. The van der Waals surface area contributed by atoms with Crippen LogP contribution in [-0.2, 0) is 4.79 Å². The molecule has 1 aliphatic carbocycles. The molecule has 3 atom stereocenters. The number of amides is 1. The van der Waals surface area contributed by atoms with Crippen molar-refractivity contribution >= 4 is 5.91 Å². The van der Waals surface area contributed by atoms with Crippen LogP contribution in [-0.4, -0.2) is 34.6 Å². The van der Waals surface area contributed by atoms with Crippen molar-refractivity contribution in [1.82, 2.24) is 4.90 Å². The van der Waals surface area contributed by atoms with E-state index in [1.165, 1.54) is 38.5 Å². The van der Waals surface area contributed by atoms with E-state index in [0.717, 1.165) is 12.5 Å². The Morgan fingerprint density at radius 2 is 2.00 bits per heavy atom. The third-order valence-electron chi connectivity index (χ3n) is 4.34. The number of aliphatic hydroxyl groups is 1. The van der Waals surface area contributed by atoms with Crippen molar-refractivity contribution in [1.29, 1.82) is 0 Å². The number of nitrogens with zero attached hydrogens (tertiary/aromatic N) is 1. The Morgan fingerprint density at radius 1 is 1.29 bits per heavy atom. The lowest BCUT2D eigenvalue weighted by molar-refractivity contribution is -0.138. The molecule has 1 aliphatic heterocycles. The topological polar surface area (TPSA) is 40.5 Å². The van der Waals surface area contributed by atoms with E-state index in [1.54, 1.807) is 6.92 Å². The number of rotatable bonds is 3. The second-order valence-electron chi connectivity index (χ2n) is 5.73. The van der Waals surface area contributed by atoms with Gasteiger partial charge in [0, 0.05) is 19.0 Å². The number of likely N-dealkylation sites (tertiary alicyclic amines) is 1. The highest BCUT2D eigenvalue weighted by Crippen LogP contribution is 2.35. The highest BCUT2D eigenvalue weighted by atomic mass is 16.3. The van der Waals surface area contributed by atoms with Gasteiger partial charge in [0.1, 0.15) is 0 Å². The van der Waals surface area contributed by atoms with Gasteiger partial charge >= 0.3 is 0 Å². The Bertz CT molecular complexity index is 263. The van der Waals surface area contributed by atoms with E-state index >= 15 is 0 Å². The van der Waals surface area contributed by atoms with Gasteiger partial charge in [0.2, 0.25) is 5.91 Å². The average molecular weight is 239 g/mol. The van der Waals surface area contributed by atoms with Gasteiger partial charge in [-0.15, -0.1) is 0 Å². The molecule has 1 heterocycles. The van der Waals surface area contributed by atoms with Crippen LogP contribution in [0.2, 0.25) is 0 Å². The zero-order valence-corrected chi connectivity index (χ0v) is 10.9. The predicted molar refractivity (Wildman–Crippen MR) is 67.6 cm³/mol. The monoisotopic (exact) mass is 239 g/mol. The average Bonchev–Trinajstić information content (AvgIpc) is 2.35. The summed E-state index contributed by atoms with van der Waals surface area (Å²) in [5.41, 5.74) is 0. The molecule has 2 aliphatic rings. The fourth-order valence-corrected chi connectivity index (χ4v) is 3.41. The summed E-state index contributed by atoms with van der Waals surface area (Å²) in [5.74, 6) is 1.02. The van der Waals surface area contributed by atoms with Crippen LogP contribution >= 0.6 is 0 Å². The number of carbonyl (C=O) groups is 1. The molecule has 1 saturated carbocycles. The number of piperidine rings is 1. The molecule has 3 nitrogen and oxygen atoms in total. The van der Waals surface area contributed by atoms with Crippen molar-refractivity contribution in [2.75, 3.05) is 6.54 Å². The van der Waals surface area contributed by atoms with Gasteiger partial charge in [-0.1, -0.05) is 12.8 Å². The van der Waals surface area contributed by atoms with E-state index in [0.29, 0.717) is 18.9 Å². The van der Waals surface area contributed by atoms with E-state index in [4.69, 9.17) is 0 Å². The lowest BCUT2D eigenvalue weighted by Gasteiger charge is -2.44. The normalized spacial score (nSPS) is 30.8. The molecule has 2 rings (SSSR count). The SMILES string of the molecule is CC(O)CCC(=O)N1CCCC2CCCCC21. The molecule has 1 amide bonds. The lowest BCUT2D eigenvalue weighted by atomic mass is 9.78. The highest BCUT2D eigenvalue weighted by molar-refractivity contribution is 5.76. The minimum atomic E-state index is -0.356. The van der Waals surface area contributed by atoms with Gasteiger partial charge in [-0.3, -0.25) is 4.79 Å². The van der Waals surface area contributed by atoms with Crippen LogP contribution in [0.5, 0.6) is 0 Å². The maximum atomic E-state index is 12.2. The first-order chi connectivity index (χ1) is 8.18. The van der Waals surface area contributed by atoms with Crippen LogP contribution in [0, 0.1) is 5.92 Å².